The molecule has 2 N–H and O–H groups in total. The summed E-state index contributed by atoms with van der Waals surface area (Å²) in [5, 5.41) is 0. The van der Waals surface area contributed by atoms with E-state index < -0.39 is 11.6 Å². The van der Waals surface area contributed by atoms with Crippen LogP contribution in [0.15, 0.2) is 18.2 Å². The van der Waals surface area contributed by atoms with Crippen molar-refractivity contribution in [3.8, 4) is 5.75 Å². The number of carbonyl (C=O) groups excluding carboxylic acids is 1. The zero-order valence-corrected chi connectivity index (χ0v) is 10.4. The molecule has 0 spiro atoms. The van der Waals surface area contributed by atoms with Gasteiger partial charge in [0.15, 0.2) is 11.6 Å². The SMILES string of the molecule is NCC(=O)N1CCC(Oc2ccc(F)cc2F)CC1. The minimum absolute atomic E-state index is 0.00187. The second kappa shape index (κ2) is 5.97. The molecular weight excluding hydrogens is 254 g/mol. The zero-order valence-electron chi connectivity index (χ0n) is 10.4. The van der Waals surface area contributed by atoms with Crippen LogP contribution in [-0.4, -0.2) is 36.5 Å². The van der Waals surface area contributed by atoms with Gasteiger partial charge < -0.3 is 15.4 Å². The number of hydrogen-bond acceptors (Lipinski definition) is 3. The van der Waals surface area contributed by atoms with E-state index in [-0.39, 0.29) is 24.3 Å². The van der Waals surface area contributed by atoms with Gasteiger partial charge in [-0.25, -0.2) is 8.78 Å². The van der Waals surface area contributed by atoms with Crippen LogP contribution in [0.1, 0.15) is 12.8 Å². The first kappa shape index (κ1) is 13.7. The number of nitrogens with zero attached hydrogens (tertiary/aromatic N) is 1. The van der Waals surface area contributed by atoms with Crippen molar-refractivity contribution < 1.29 is 18.3 Å². The van der Waals surface area contributed by atoms with Gasteiger partial charge in [0.05, 0.1) is 6.54 Å². The van der Waals surface area contributed by atoms with Crippen LogP contribution in [0.5, 0.6) is 5.75 Å². The molecule has 6 heteroatoms. The molecule has 1 aromatic carbocycles. The molecule has 104 valence electrons. The summed E-state index contributed by atoms with van der Waals surface area (Å²) in [4.78, 5) is 13.0. The molecule has 19 heavy (non-hydrogen) atoms. The van der Waals surface area contributed by atoms with E-state index in [1.807, 2.05) is 0 Å². The molecule has 1 aliphatic rings. The van der Waals surface area contributed by atoms with Gasteiger partial charge >= 0.3 is 0 Å². The van der Waals surface area contributed by atoms with Crippen molar-refractivity contribution >= 4 is 5.91 Å². The molecule has 2 rings (SSSR count). The Morgan fingerprint density at radius 2 is 2.05 bits per heavy atom. The highest BCUT2D eigenvalue weighted by atomic mass is 19.1. The first-order valence-corrected chi connectivity index (χ1v) is 6.19. The van der Waals surface area contributed by atoms with Gasteiger partial charge in [0.1, 0.15) is 11.9 Å². The highest BCUT2D eigenvalue weighted by molar-refractivity contribution is 5.78. The fraction of sp³-hybridized carbons (Fsp3) is 0.462. The third-order valence-electron chi connectivity index (χ3n) is 3.16. The number of rotatable bonds is 3. The molecule has 0 aliphatic carbocycles. The third kappa shape index (κ3) is 3.41. The summed E-state index contributed by atoms with van der Waals surface area (Å²) in [6.45, 7) is 1.09. The van der Waals surface area contributed by atoms with Crippen molar-refractivity contribution in [3.63, 3.8) is 0 Å². The standard InChI is InChI=1S/C13H16F2N2O2/c14-9-1-2-12(11(15)7-9)19-10-3-5-17(6-4-10)13(18)8-16/h1-2,7,10H,3-6,8,16H2. The minimum Gasteiger partial charge on any atom is -0.487 e. The number of ether oxygens (including phenoxy) is 1. The van der Waals surface area contributed by atoms with Crippen LogP contribution < -0.4 is 10.5 Å². The van der Waals surface area contributed by atoms with E-state index >= 15 is 0 Å². The van der Waals surface area contributed by atoms with Crippen molar-refractivity contribution in [3.05, 3.63) is 29.8 Å². The van der Waals surface area contributed by atoms with E-state index in [0.717, 1.165) is 12.1 Å². The minimum atomic E-state index is -0.708. The first-order chi connectivity index (χ1) is 9.10. The average molecular weight is 270 g/mol. The quantitative estimate of drug-likeness (QED) is 0.900. The zero-order chi connectivity index (χ0) is 13.8. The van der Waals surface area contributed by atoms with Crippen LogP contribution in [0.2, 0.25) is 0 Å². The van der Waals surface area contributed by atoms with Gasteiger partial charge in [-0.05, 0) is 12.1 Å². The maximum absolute atomic E-state index is 13.4. The molecule has 0 unspecified atom stereocenters. The fourth-order valence-electron chi connectivity index (χ4n) is 2.10. The molecule has 0 atom stereocenters. The van der Waals surface area contributed by atoms with E-state index in [0.29, 0.717) is 25.9 Å². The molecule has 1 saturated heterocycles. The predicted octanol–water partition coefficient (Wildman–Crippen LogP) is 1.29. The number of nitrogens with two attached hydrogens (primary N) is 1. The molecule has 1 aromatic rings. The molecule has 0 aromatic heterocycles. The third-order valence-corrected chi connectivity index (χ3v) is 3.16. The molecule has 0 saturated carbocycles. The molecule has 0 bridgehead atoms. The summed E-state index contributed by atoms with van der Waals surface area (Å²) >= 11 is 0. The van der Waals surface area contributed by atoms with Crippen LogP contribution in [0, 0.1) is 11.6 Å². The lowest BCUT2D eigenvalue weighted by molar-refractivity contribution is -0.131. The Kier molecular flexibility index (Phi) is 4.31. The van der Waals surface area contributed by atoms with Gasteiger partial charge in [-0.2, -0.15) is 0 Å². The Morgan fingerprint density at radius 1 is 1.37 bits per heavy atom. The largest absolute Gasteiger partial charge is 0.487 e. The Balaban J connectivity index is 1.90. The van der Waals surface area contributed by atoms with Crippen molar-refractivity contribution in [2.45, 2.75) is 18.9 Å². The number of hydrogen-bond donors (Lipinski definition) is 1. The second-order valence-electron chi connectivity index (χ2n) is 4.48. The van der Waals surface area contributed by atoms with Gasteiger partial charge in [-0.15, -0.1) is 0 Å². The fourth-order valence-corrected chi connectivity index (χ4v) is 2.10. The highest BCUT2D eigenvalue weighted by Gasteiger charge is 2.23. The Labute approximate surface area is 110 Å². The lowest BCUT2D eigenvalue weighted by Gasteiger charge is -2.32. The van der Waals surface area contributed by atoms with Crippen LogP contribution in [-0.2, 0) is 4.79 Å². The van der Waals surface area contributed by atoms with Crippen molar-refractivity contribution in [1.29, 1.82) is 0 Å². The van der Waals surface area contributed by atoms with Crippen molar-refractivity contribution in [1.82, 2.24) is 4.90 Å². The van der Waals surface area contributed by atoms with Crippen LogP contribution >= 0.6 is 0 Å². The molecule has 1 amide bonds. The molecular formula is C13H16F2N2O2. The Hall–Kier alpha value is -1.69. The van der Waals surface area contributed by atoms with Crippen LogP contribution in [0.4, 0.5) is 8.78 Å². The average Bonchev–Trinajstić information content (AvgIpc) is 2.42. The number of carbonyl (C=O) groups is 1. The van der Waals surface area contributed by atoms with E-state index in [9.17, 15) is 13.6 Å². The molecule has 1 fully saturated rings. The number of halogens is 2. The summed E-state index contributed by atoms with van der Waals surface area (Å²) in [5.74, 6) is -1.38. The summed E-state index contributed by atoms with van der Waals surface area (Å²) in [6.07, 6.45) is 1.06. The molecule has 1 aliphatic heterocycles. The number of piperidine rings is 1. The smallest absolute Gasteiger partial charge is 0.236 e. The summed E-state index contributed by atoms with van der Waals surface area (Å²) in [6, 6.07) is 3.23. The predicted molar refractivity (Wildman–Crippen MR) is 65.6 cm³/mol. The maximum atomic E-state index is 13.4. The maximum Gasteiger partial charge on any atom is 0.236 e. The highest BCUT2D eigenvalue weighted by Crippen LogP contribution is 2.22. The van der Waals surface area contributed by atoms with E-state index in [4.69, 9.17) is 10.5 Å². The Bertz CT molecular complexity index is 460. The number of likely N-dealkylation sites (tertiary alicyclic amines) is 1. The second-order valence-corrected chi connectivity index (χ2v) is 4.48. The molecule has 1 heterocycles. The monoisotopic (exact) mass is 270 g/mol. The van der Waals surface area contributed by atoms with Crippen LogP contribution in [0.3, 0.4) is 0 Å². The van der Waals surface area contributed by atoms with Gasteiger partial charge in [0.2, 0.25) is 5.91 Å². The van der Waals surface area contributed by atoms with Crippen LogP contribution in [0.25, 0.3) is 0 Å². The van der Waals surface area contributed by atoms with E-state index in [1.54, 1.807) is 4.90 Å². The molecule has 4 nitrogen and oxygen atoms in total. The Morgan fingerprint density at radius 3 is 2.63 bits per heavy atom. The van der Waals surface area contributed by atoms with Crippen molar-refractivity contribution in [2.24, 2.45) is 5.73 Å². The molecule has 0 radical (unpaired) electrons. The topological polar surface area (TPSA) is 55.6 Å². The number of amides is 1. The summed E-state index contributed by atoms with van der Waals surface area (Å²) in [7, 11) is 0. The van der Waals surface area contributed by atoms with E-state index in [2.05, 4.69) is 0 Å². The van der Waals surface area contributed by atoms with Gasteiger partial charge in [-0.1, -0.05) is 0 Å². The normalized spacial score (nSPS) is 16.5. The lowest BCUT2D eigenvalue weighted by atomic mass is 10.1. The van der Waals surface area contributed by atoms with Gasteiger partial charge in [0, 0.05) is 32.0 Å². The van der Waals surface area contributed by atoms with Crippen molar-refractivity contribution in [2.75, 3.05) is 19.6 Å². The first-order valence-electron chi connectivity index (χ1n) is 6.19. The number of benzene rings is 1. The van der Waals surface area contributed by atoms with E-state index in [1.165, 1.54) is 6.07 Å². The summed E-state index contributed by atoms with van der Waals surface area (Å²) < 4.78 is 31.7. The van der Waals surface area contributed by atoms with Gasteiger partial charge in [0.25, 0.3) is 0 Å². The summed E-state index contributed by atoms with van der Waals surface area (Å²) in [5.41, 5.74) is 5.29. The van der Waals surface area contributed by atoms with Gasteiger partial charge in [-0.3, -0.25) is 4.79 Å². The lowest BCUT2D eigenvalue weighted by Crippen LogP contribution is -2.44.